The Labute approximate surface area is 393 Å². The van der Waals surface area contributed by atoms with E-state index in [1.807, 2.05) is 77.0 Å². The molecule has 362 valence electrons. The van der Waals surface area contributed by atoms with E-state index in [0.717, 1.165) is 37.9 Å². The predicted molar refractivity (Wildman–Crippen MR) is 266 cm³/mol. The number of nitrogens with one attached hydrogen (secondary N) is 1. The highest BCUT2D eigenvalue weighted by Gasteiger charge is 2.27. The third kappa shape index (κ3) is 14.6. The van der Waals surface area contributed by atoms with Crippen LogP contribution < -0.4 is 21.2 Å². The van der Waals surface area contributed by atoms with Gasteiger partial charge in [-0.15, -0.1) is 0 Å². The Morgan fingerprint density at radius 1 is 0.687 bits per heavy atom. The van der Waals surface area contributed by atoms with Crippen LogP contribution in [0.3, 0.4) is 0 Å². The Bertz CT molecular complexity index is 2630. The number of methoxy groups -OCH3 is 1. The number of halogens is 2. The normalized spacial score (nSPS) is 12.2. The Kier molecular flexibility index (Phi) is 20.8. The number of rotatable bonds is 21. The van der Waals surface area contributed by atoms with Crippen molar-refractivity contribution in [2.24, 2.45) is 0 Å². The fourth-order valence-electron chi connectivity index (χ4n) is 7.83. The molecule has 1 amide bonds. The number of fused-ring (bicyclic) bond motifs is 2. The number of hydrogen-bond acceptors (Lipinski definition) is 9. The number of ether oxygens (including phenoxy) is 1. The molecule has 2 aromatic heterocycles. The predicted octanol–water partition coefficient (Wildman–Crippen LogP) is 8.35. The van der Waals surface area contributed by atoms with E-state index in [0.29, 0.717) is 70.1 Å². The summed E-state index contributed by atoms with van der Waals surface area (Å²) in [4.78, 5) is 56.3. The zero-order valence-corrected chi connectivity index (χ0v) is 40.7. The maximum absolute atomic E-state index is 13.8. The van der Waals surface area contributed by atoms with E-state index in [1.54, 1.807) is 54.1 Å². The molecule has 3 N–H and O–H groups in total. The molecule has 2 heterocycles. The van der Waals surface area contributed by atoms with Gasteiger partial charge in [-0.25, -0.2) is 18.7 Å². The Balaban J connectivity index is 0.000000306. The van der Waals surface area contributed by atoms with Crippen molar-refractivity contribution in [2.75, 3.05) is 61.5 Å². The summed E-state index contributed by atoms with van der Waals surface area (Å²) in [6, 6.07) is 21.9. The van der Waals surface area contributed by atoms with Crippen molar-refractivity contribution < 1.29 is 23.8 Å². The molecule has 67 heavy (non-hydrogen) atoms. The molecule has 2 atom stereocenters. The van der Waals surface area contributed by atoms with Gasteiger partial charge in [-0.05, 0) is 134 Å². The highest BCUT2D eigenvalue weighted by Crippen LogP contribution is 2.26. The van der Waals surface area contributed by atoms with Crippen LogP contribution in [0.15, 0.2) is 94.5 Å². The van der Waals surface area contributed by atoms with Gasteiger partial charge in [-0.3, -0.25) is 23.5 Å². The summed E-state index contributed by atoms with van der Waals surface area (Å²) < 4.78 is 35.6. The smallest absolute Gasteiger partial charge is 0.266 e. The van der Waals surface area contributed by atoms with E-state index >= 15 is 0 Å². The molecule has 0 aliphatic rings. The summed E-state index contributed by atoms with van der Waals surface area (Å²) >= 11 is 0. The minimum atomic E-state index is -0.480. The van der Waals surface area contributed by atoms with Gasteiger partial charge in [0.05, 0.1) is 52.4 Å². The van der Waals surface area contributed by atoms with E-state index in [2.05, 4.69) is 17.1 Å². The lowest BCUT2D eigenvalue weighted by Gasteiger charge is -2.31. The molecular weight excluding hydrogens is 855 g/mol. The van der Waals surface area contributed by atoms with Crippen molar-refractivity contribution in [3.05, 3.63) is 134 Å². The molecule has 0 aliphatic heterocycles. The number of aryl methyl sites for hydroxylation is 1. The third-order valence-corrected chi connectivity index (χ3v) is 11.7. The molecule has 2 unspecified atom stereocenters. The maximum Gasteiger partial charge on any atom is 0.266 e. The molecule has 0 radical (unpaired) electrons. The van der Waals surface area contributed by atoms with Crippen LogP contribution in [0.25, 0.3) is 33.2 Å². The van der Waals surface area contributed by atoms with Crippen molar-refractivity contribution >= 4 is 27.7 Å². The van der Waals surface area contributed by atoms with Crippen LogP contribution in [-0.4, -0.2) is 107 Å². The van der Waals surface area contributed by atoms with Gasteiger partial charge in [0.2, 0.25) is 5.91 Å². The maximum atomic E-state index is 13.8. The van der Waals surface area contributed by atoms with E-state index < -0.39 is 11.9 Å². The Morgan fingerprint density at radius 2 is 1.19 bits per heavy atom. The largest absolute Gasteiger partial charge is 0.497 e. The number of hydrogen-bond donors (Lipinski definition) is 1. The summed E-state index contributed by atoms with van der Waals surface area (Å²) in [6.07, 6.45) is 8.40. The SMILES string of the molecule is CCCCCCCCCC(=O)N(CCN(C)C)C(C)c1nc2ccc(OC)cc2c(=O)n1-c1ccc(F)cc1.Cc1ccc2nc(C(C)NCCN(C)C)n(-c3ccc(F)cc3)c(=O)c2c1.O. The van der Waals surface area contributed by atoms with Crippen molar-refractivity contribution in [3.63, 3.8) is 0 Å². The van der Waals surface area contributed by atoms with Gasteiger partial charge in [0.25, 0.3) is 11.1 Å². The number of amides is 1. The molecule has 0 aliphatic carbocycles. The van der Waals surface area contributed by atoms with Crippen LogP contribution in [0.1, 0.15) is 101 Å². The fourth-order valence-corrected chi connectivity index (χ4v) is 7.83. The Morgan fingerprint density at radius 3 is 1.75 bits per heavy atom. The van der Waals surface area contributed by atoms with Crippen molar-refractivity contribution in [1.82, 2.24) is 39.1 Å². The van der Waals surface area contributed by atoms with Crippen molar-refractivity contribution in [1.29, 1.82) is 0 Å². The molecule has 15 heteroatoms. The van der Waals surface area contributed by atoms with E-state index in [-0.39, 0.29) is 34.4 Å². The quantitative estimate of drug-likeness (QED) is 0.0704. The first kappa shape index (κ1) is 53.7. The molecule has 0 bridgehead atoms. The molecule has 4 aromatic carbocycles. The monoisotopic (exact) mass is 925 g/mol. The number of carbonyl (C=O) groups is 1. The summed E-state index contributed by atoms with van der Waals surface area (Å²) in [5, 5.41) is 4.37. The lowest BCUT2D eigenvalue weighted by Crippen LogP contribution is -2.40. The second-order valence-corrected chi connectivity index (χ2v) is 17.5. The number of nitrogens with zero attached hydrogens (tertiary/aromatic N) is 7. The second-order valence-electron chi connectivity index (χ2n) is 17.5. The summed E-state index contributed by atoms with van der Waals surface area (Å²) in [7, 11) is 9.51. The molecule has 6 aromatic rings. The lowest BCUT2D eigenvalue weighted by atomic mass is 10.1. The minimum absolute atomic E-state index is 0. The highest BCUT2D eigenvalue weighted by molar-refractivity contribution is 5.81. The molecule has 0 saturated carbocycles. The summed E-state index contributed by atoms with van der Waals surface area (Å²) in [5.74, 6) is 0.917. The first-order valence-corrected chi connectivity index (χ1v) is 23.1. The topological polar surface area (TPSA) is 149 Å². The minimum Gasteiger partial charge on any atom is -0.497 e. The lowest BCUT2D eigenvalue weighted by molar-refractivity contribution is -0.133. The van der Waals surface area contributed by atoms with Crippen LogP contribution in [-0.2, 0) is 4.79 Å². The van der Waals surface area contributed by atoms with Crippen molar-refractivity contribution in [2.45, 2.75) is 91.1 Å². The van der Waals surface area contributed by atoms with Crippen LogP contribution in [0.5, 0.6) is 5.75 Å². The zero-order valence-electron chi connectivity index (χ0n) is 40.7. The highest BCUT2D eigenvalue weighted by atomic mass is 19.1. The van der Waals surface area contributed by atoms with Crippen LogP contribution in [0.4, 0.5) is 8.78 Å². The number of carbonyl (C=O) groups excluding carboxylic acids is 1. The molecule has 6 rings (SSSR count). The van der Waals surface area contributed by atoms with E-state index in [4.69, 9.17) is 14.7 Å². The molecule has 0 saturated heterocycles. The van der Waals surface area contributed by atoms with Crippen LogP contribution >= 0.6 is 0 Å². The van der Waals surface area contributed by atoms with Gasteiger partial charge in [0.15, 0.2) is 0 Å². The first-order valence-electron chi connectivity index (χ1n) is 23.1. The number of unbranched alkanes of at least 4 members (excludes halogenated alkanes) is 6. The van der Waals surface area contributed by atoms with E-state index in [1.165, 1.54) is 54.5 Å². The fraction of sp³-hybridized carbons (Fsp3) is 0.442. The van der Waals surface area contributed by atoms with Gasteiger partial charge in [0, 0.05) is 32.6 Å². The first-order chi connectivity index (χ1) is 31.6. The van der Waals surface area contributed by atoms with E-state index in [9.17, 15) is 23.2 Å². The second kappa shape index (κ2) is 25.9. The van der Waals surface area contributed by atoms with Gasteiger partial charge < -0.3 is 30.2 Å². The standard InChI is InChI=1S/C31H43FN4O3.C21H25FN4O.H2O/c1-6-7-8-9-10-11-12-13-29(37)35(21-20-34(3)4)23(2)30-33-28-19-18-26(39-5)22-27(28)31(38)36(30)25-16-14-24(32)15-17-25;1-14-5-10-19-18(13-14)21(27)26(17-8-6-16(22)7-9-17)20(24-19)15(2)23-11-12-25(3)4;/h14-19,22-23H,6-13,20-21H2,1-5H3;5-10,13,15,23H,11-12H2,1-4H3;1H2. The summed E-state index contributed by atoms with van der Waals surface area (Å²) in [6.45, 7) is 10.9. The number of aromatic nitrogens is 4. The van der Waals surface area contributed by atoms with Gasteiger partial charge in [0.1, 0.15) is 29.0 Å². The Hall–Kier alpha value is -5.87. The van der Waals surface area contributed by atoms with Crippen LogP contribution in [0.2, 0.25) is 0 Å². The number of benzene rings is 4. The van der Waals surface area contributed by atoms with Gasteiger partial charge in [-0.2, -0.15) is 0 Å². The van der Waals surface area contributed by atoms with Crippen molar-refractivity contribution in [3.8, 4) is 17.1 Å². The van der Waals surface area contributed by atoms with Gasteiger partial charge >= 0.3 is 0 Å². The third-order valence-electron chi connectivity index (χ3n) is 11.7. The molecule has 13 nitrogen and oxygen atoms in total. The van der Waals surface area contributed by atoms with Crippen LogP contribution in [0, 0.1) is 18.6 Å². The average molecular weight is 925 g/mol. The average Bonchev–Trinajstić information content (AvgIpc) is 3.29. The van der Waals surface area contributed by atoms with Gasteiger partial charge in [-0.1, -0.05) is 57.1 Å². The molecule has 0 spiro atoms. The molecular formula is C52H70F2N8O5. The summed E-state index contributed by atoms with van der Waals surface area (Å²) in [5.41, 5.74) is 2.84. The zero-order chi connectivity index (χ0) is 47.9. The number of likely N-dealkylation sites (N-methyl/N-ethyl adjacent to an activating group) is 2. The molecule has 0 fully saturated rings.